The zero-order chi connectivity index (χ0) is 15.4. The summed E-state index contributed by atoms with van der Waals surface area (Å²) in [5.41, 5.74) is 5.89. The molecule has 0 spiro atoms. The van der Waals surface area contributed by atoms with Crippen molar-refractivity contribution in [1.29, 1.82) is 0 Å². The van der Waals surface area contributed by atoms with E-state index in [1.54, 1.807) is 6.07 Å². The van der Waals surface area contributed by atoms with Gasteiger partial charge in [-0.3, -0.25) is 14.9 Å². The molecule has 2 rings (SSSR count). The summed E-state index contributed by atoms with van der Waals surface area (Å²) in [6, 6.07) is 4.25. The van der Waals surface area contributed by atoms with Crippen molar-refractivity contribution in [2.24, 2.45) is 17.6 Å². The molecule has 0 heterocycles. The van der Waals surface area contributed by atoms with Gasteiger partial charge in [0, 0.05) is 17.7 Å². The van der Waals surface area contributed by atoms with Crippen molar-refractivity contribution in [2.75, 3.05) is 11.9 Å². The summed E-state index contributed by atoms with van der Waals surface area (Å²) < 4.78 is 0. The summed E-state index contributed by atoms with van der Waals surface area (Å²) >= 11 is 5.75. The average molecular weight is 312 g/mol. The highest BCUT2D eigenvalue weighted by atomic mass is 35.5. The van der Waals surface area contributed by atoms with Crippen LogP contribution in [0.2, 0.25) is 5.02 Å². The third kappa shape index (κ3) is 3.71. The molecule has 0 bridgehead atoms. The first-order valence-electron chi connectivity index (χ1n) is 6.97. The number of hydrogen-bond donors (Lipinski definition) is 2. The van der Waals surface area contributed by atoms with E-state index in [1.165, 1.54) is 12.1 Å². The maximum absolute atomic E-state index is 12.3. The second kappa shape index (κ2) is 6.87. The van der Waals surface area contributed by atoms with Gasteiger partial charge in [-0.2, -0.15) is 0 Å². The Bertz CT molecular complexity index is 550. The highest BCUT2D eigenvalue weighted by molar-refractivity contribution is 6.32. The van der Waals surface area contributed by atoms with Crippen LogP contribution in [0, 0.1) is 22.0 Å². The normalized spacial score (nSPS) is 21.8. The molecule has 1 aromatic rings. The third-order valence-corrected chi connectivity index (χ3v) is 4.28. The molecule has 1 aromatic carbocycles. The molecular weight excluding hydrogens is 294 g/mol. The minimum Gasteiger partial charge on any atom is -0.330 e. The van der Waals surface area contributed by atoms with Gasteiger partial charge >= 0.3 is 0 Å². The number of anilines is 1. The minimum atomic E-state index is -0.568. The predicted molar refractivity (Wildman–Crippen MR) is 81.2 cm³/mol. The molecule has 1 aliphatic rings. The quantitative estimate of drug-likeness (QED) is 0.659. The topological polar surface area (TPSA) is 98.3 Å². The molecule has 3 N–H and O–H groups in total. The van der Waals surface area contributed by atoms with Gasteiger partial charge in [-0.05, 0) is 37.4 Å². The van der Waals surface area contributed by atoms with Gasteiger partial charge < -0.3 is 11.1 Å². The smallest absolute Gasteiger partial charge is 0.289 e. The van der Waals surface area contributed by atoms with Gasteiger partial charge in [0.25, 0.3) is 5.69 Å². The van der Waals surface area contributed by atoms with Gasteiger partial charge in [0.2, 0.25) is 5.91 Å². The molecule has 1 saturated carbocycles. The lowest BCUT2D eigenvalue weighted by molar-refractivity contribution is -0.384. The lowest BCUT2D eigenvalue weighted by Crippen LogP contribution is -2.35. The molecule has 0 saturated heterocycles. The Balaban J connectivity index is 2.12. The number of carbonyl (C=O) groups excluding carboxylic acids is 1. The fourth-order valence-electron chi connectivity index (χ4n) is 2.80. The van der Waals surface area contributed by atoms with Crippen molar-refractivity contribution in [3.63, 3.8) is 0 Å². The lowest BCUT2D eigenvalue weighted by Gasteiger charge is -2.29. The summed E-state index contributed by atoms with van der Waals surface area (Å²) in [6.45, 7) is 0.485. The van der Waals surface area contributed by atoms with Crippen molar-refractivity contribution in [1.82, 2.24) is 0 Å². The van der Waals surface area contributed by atoms with Crippen LogP contribution in [0.5, 0.6) is 0 Å². The van der Waals surface area contributed by atoms with E-state index >= 15 is 0 Å². The van der Waals surface area contributed by atoms with E-state index in [-0.39, 0.29) is 28.5 Å². The van der Waals surface area contributed by atoms with E-state index in [4.69, 9.17) is 17.3 Å². The highest BCUT2D eigenvalue weighted by Gasteiger charge is 2.30. The fraction of sp³-hybridized carbons (Fsp3) is 0.500. The van der Waals surface area contributed by atoms with Crippen LogP contribution in [0.15, 0.2) is 18.2 Å². The number of nitro benzene ring substituents is 1. The number of hydrogen-bond acceptors (Lipinski definition) is 4. The lowest BCUT2D eigenvalue weighted by atomic mass is 9.78. The molecule has 0 radical (unpaired) electrons. The van der Waals surface area contributed by atoms with Gasteiger partial charge in [0.05, 0.1) is 4.92 Å². The largest absolute Gasteiger partial charge is 0.330 e. The van der Waals surface area contributed by atoms with E-state index in [9.17, 15) is 14.9 Å². The van der Waals surface area contributed by atoms with Crippen LogP contribution in [0.3, 0.4) is 0 Å². The van der Waals surface area contributed by atoms with Gasteiger partial charge in [-0.15, -0.1) is 0 Å². The van der Waals surface area contributed by atoms with E-state index in [0.29, 0.717) is 12.2 Å². The second-order valence-corrected chi connectivity index (χ2v) is 5.71. The maximum Gasteiger partial charge on any atom is 0.289 e. The summed E-state index contributed by atoms with van der Waals surface area (Å²) in [6.07, 6.45) is 3.87. The van der Waals surface area contributed by atoms with Gasteiger partial charge in [-0.1, -0.05) is 24.4 Å². The molecule has 21 heavy (non-hydrogen) atoms. The standard InChI is InChI=1S/C14H18ClN3O3/c15-12-6-5-10(7-13(12)18(20)21)17-14(19)11-4-2-1-3-9(11)8-16/h5-7,9,11H,1-4,8,16H2,(H,17,19). The Morgan fingerprint density at radius 2 is 2.14 bits per heavy atom. The van der Waals surface area contributed by atoms with Crippen molar-refractivity contribution < 1.29 is 9.72 Å². The first-order chi connectivity index (χ1) is 10.0. The molecule has 0 aliphatic heterocycles. The van der Waals surface area contributed by atoms with E-state index in [2.05, 4.69) is 5.32 Å². The van der Waals surface area contributed by atoms with Gasteiger partial charge in [0.15, 0.2) is 0 Å². The van der Waals surface area contributed by atoms with Crippen LogP contribution in [0.1, 0.15) is 25.7 Å². The van der Waals surface area contributed by atoms with Gasteiger partial charge in [-0.25, -0.2) is 0 Å². The molecule has 2 atom stereocenters. The Labute approximate surface area is 127 Å². The predicted octanol–water partition coefficient (Wildman–Crippen LogP) is 2.95. The minimum absolute atomic E-state index is 0.0514. The number of nitrogens with zero attached hydrogens (tertiary/aromatic N) is 1. The second-order valence-electron chi connectivity index (χ2n) is 5.30. The Kier molecular flexibility index (Phi) is 5.14. The molecular formula is C14H18ClN3O3. The van der Waals surface area contributed by atoms with Crippen molar-refractivity contribution in [3.8, 4) is 0 Å². The zero-order valence-corrected chi connectivity index (χ0v) is 12.3. The summed E-state index contributed by atoms with van der Waals surface area (Å²) in [7, 11) is 0. The number of nitro groups is 1. The average Bonchev–Trinajstić information content (AvgIpc) is 2.48. The number of nitrogens with one attached hydrogen (secondary N) is 1. The first-order valence-corrected chi connectivity index (χ1v) is 7.35. The van der Waals surface area contributed by atoms with E-state index in [1.807, 2.05) is 0 Å². The van der Waals surface area contributed by atoms with Crippen molar-refractivity contribution in [2.45, 2.75) is 25.7 Å². The number of halogens is 1. The maximum atomic E-state index is 12.3. The van der Waals surface area contributed by atoms with Crippen LogP contribution in [-0.4, -0.2) is 17.4 Å². The monoisotopic (exact) mass is 311 g/mol. The zero-order valence-electron chi connectivity index (χ0n) is 11.5. The number of nitrogens with two attached hydrogens (primary N) is 1. The molecule has 1 fully saturated rings. The fourth-order valence-corrected chi connectivity index (χ4v) is 2.99. The Morgan fingerprint density at radius 1 is 1.43 bits per heavy atom. The first kappa shape index (κ1) is 15.7. The highest BCUT2D eigenvalue weighted by Crippen LogP contribution is 2.32. The Hall–Kier alpha value is -1.66. The molecule has 1 amide bonds. The Morgan fingerprint density at radius 3 is 2.81 bits per heavy atom. The van der Waals surface area contributed by atoms with Crippen molar-refractivity contribution >= 4 is 28.9 Å². The van der Waals surface area contributed by atoms with E-state index < -0.39 is 4.92 Å². The molecule has 2 unspecified atom stereocenters. The number of benzene rings is 1. The van der Waals surface area contributed by atoms with Crippen LogP contribution in [0.25, 0.3) is 0 Å². The molecule has 0 aromatic heterocycles. The van der Waals surface area contributed by atoms with Crippen LogP contribution >= 0.6 is 11.6 Å². The summed E-state index contributed by atoms with van der Waals surface area (Å²) in [5.74, 6) is -0.0682. The summed E-state index contributed by atoms with van der Waals surface area (Å²) in [4.78, 5) is 22.6. The molecule has 6 nitrogen and oxygen atoms in total. The molecule has 1 aliphatic carbocycles. The summed E-state index contributed by atoms with van der Waals surface area (Å²) in [5, 5.41) is 13.6. The number of amides is 1. The van der Waals surface area contributed by atoms with Crippen LogP contribution in [0.4, 0.5) is 11.4 Å². The van der Waals surface area contributed by atoms with Crippen LogP contribution < -0.4 is 11.1 Å². The van der Waals surface area contributed by atoms with Gasteiger partial charge in [0.1, 0.15) is 5.02 Å². The third-order valence-electron chi connectivity index (χ3n) is 3.96. The van der Waals surface area contributed by atoms with E-state index in [0.717, 1.165) is 25.7 Å². The molecule has 7 heteroatoms. The van der Waals surface area contributed by atoms with Crippen molar-refractivity contribution in [3.05, 3.63) is 33.3 Å². The number of carbonyl (C=O) groups is 1. The number of rotatable bonds is 4. The SMILES string of the molecule is NCC1CCCCC1C(=O)Nc1ccc(Cl)c([N+](=O)[O-])c1. The molecule has 114 valence electrons. The van der Waals surface area contributed by atoms with Crippen LogP contribution in [-0.2, 0) is 4.79 Å².